The second-order valence-electron chi connectivity index (χ2n) is 5.32. The summed E-state index contributed by atoms with van der Waals surface area (Å²) in [6.07, 6.45) is 2.91. The molecule has 0 spiro atoms. The van der Waals surface area contributed by atoms with Gasteiger partial charge in [0.2, 0.25) is 5.91 Å². The first-order valence-corrected chi connectivity index (χ1v) is 5.97. The zero-order valence-electron chi connectivity index (χ0n) is 10.5. The lowest BCUT2D eigenvalue weighted by Gasteiger charge is -2.31. The van der Waals surface area contributed by atoms with Crippen molar-refractivity contribution < 1.29 is 4.79 Å². The SMILES string of the molecule is CC(C)NCCC(=O)N1CCCC1(C)C. The molecule has 1 fully saturated rings. The Kier molecular flexibility index (Phi) is 4.14. The summed E-state index contributed by atoms with van der Waals surface area (Å²) in [5.41, 5.74) is 0.0783. The van der Waals surface area contributed by atoms with Crippen molar-refractivity contribution in [3.8, 4) is 0 Å². The molecule has 0 aliphatic carbocycles. The van der Waals surface area contributed by atoms with Gasteiger partial charge in [0.1, 0.15) is 0 Å². The summed E-state index contributed by atoms with van der Waals surface area (Å²) >= 11 is 0. The highest BCUT2D eigenvalue weighted by Gasteiger charge is 2.34. The lowest BCUT2D eigenvalue weighted by Crippen LogP contribution is -2.43. The van der Waals surface area contributed by atoms with Crippen LogP contribution in [0.1, 0.15) is 47.0 Å². The largest absolute Gasteiger partial charge is 0.338 e. The number of nitrogens with zero attached hydrogens (tertiary/aromatic N) is 1. The molecule has 0 bridgehead atoms. The number of hydrogen-bond acceptors (Lipinski definition) is 2. The topological polar surface area (TPSA) is 32.3 Å². The Morgan fingerprint density at radius 1 is 1.47 bits per heavy atom. The number of hydrogen-bond donors (Lipinski definition) is 1. The Bertz CT molecular complexity index is 224. The Hall–Kier alpha value is -0.570. The molecule has 0 atom stereocenters. The third-order valence-corrected chi connectivity index (χ3v) is 3.09. The smallest absolute Gasteiger partial charge is 0.224 e. The average molecular weight is 212 g/mol. The molecule has 0 aromatic rings. The average Bonchev–Trinajstić information content (AvgIpc) is 2.44. The van der Waals surface area contributed by atoms with Crippen LogP contribution in [-0.4, -0.2) is 35.5 Å². The number of likely N-dealkylation sites (tertiary alicyclic amines) is 1. The minimum atomic E-state index is 0.0783. The minimum absolute atomic E-state index is 0.0783. The highest BCUT2D eigenvalue weighted by Crippen LogP contribution is 2.28. The van der Waals surface area contributed by atoms with E-state index in [-0.39, 0.29) is 5.54 Å². The van der Waals surface area contributed by atoms with E-state index < -0.39 is 0 Å². The van der Waals surface area contributed by atoms with Crippen LogP contribution in [0.2, 0.25) is 0 Å². The summed E-state index contributed by atoms with van der Waals surface area (Å²) in [5.74, 6) is 0.297. The number of rotatable bonds is 4. The third kappa shape index (κ3) is 3.49. The van der Waals surface area contributed by atoms with Crippen molar-refractivity contribution in [1.29, 1.82) is 0 Å². The quantitative estimate of drug-likeness (QED) is 0.770. The number of nitrogens with one attached hydrogen (secondary N) is 1. The first-order valence-electron chi connectivity index (χ1n) is 5.97. The van der Waals surface area contributed by atoms with Crippen molar-refractivity contribution in [2.24, 2.45) is 0 Å². The molecule has 3 nitrogen and oxygen atoms in total. The van der Waals surface area contributed by atoms with E-state index >= 15 is 0 Å². The first kappa shape index (κ1) is 12.5. The molecule has 0 aromatic carbocycles. The predicted octanol–water partition coefficient (Wildman–Crippen LogP) is 1.78. The molecule has 0 saturated carbocycles. The van der Waals surface area contributed by atoms with E-state index in [0.717, 1.165) is 25.9 Å². The number of amides is 1. The maximum atomic E-state index is 11.9. The molecule has 1 rings (SSSR count). The summed E-state index contributed by atoms with van der Waals surface area (Å²) < 4.78 is 0. The van der Waals surface area contributed by atoms with Gasteiger partial charge in [0.15, 0.2) is 0 Å². The van der Waals surface area contributed by atoms with Crippen LogP contribution in [0.4, 0.5) is 0 Å². The molecule has 0 radical (unpaired) electrons. The molecule has 1 saturated heterocycles. The molecular formula is C12H24N2O. The standard InChI is InChI=1S/C12H24N2O/c1-10(2)13-8-6-11(15)14-9-5-7-12(14,3)4/h10,13H,5-9H2,1-4H3. The molecule has 15 heavy (non-hydrogen) atoms. The van der Waals surface area contributed by atoms with Crippen molar-refractivity contribution in [1.82, 2.24) is 10.2 Å². The molecule has 1 aliphatic heterocycles. The molecule has 1 heterocycles. The highest BCUT2D eigenvalue weighted by molar-refractivity contribution is 5.77. The van der Waals surface area contributed by atoms with Crippen LogP contribution in [0.25, 0.3) is 0 Å². The van der Waals surface area contributed by atoms with Gasteiger partial charge < -0.3 is 10.2 Å². The van der Waals surface area contributed by atoms with Crippen LogP contribution in [-0.2, 0) is 4.79 Å². The summed E-state index contributed by atoms with van der Waals surface area (Å²) in [5, 5.41) is 3.28. The molecule has 1 N–H and O–H groups in total. The van der Waals surface area contributed by atoms with E-state index in [0.29, 0.717) is 18.4 Å². The summed E-state index contributed by atoms with van der Waals surface area (Å²) in [6, 6.07) is 0.462. The molecule has 88 valence electrons. The Balaban J connectivity index is 2.34. The van der Waals surface area contributed by atoms with E-state index in [4.69, 9.17) is 0 Å². The van der Waals surface area contributed by atoms with Gasteiger partial charge in [0, 0.05) is 31.1 Å². The van der Waals surface area contributed by atoms with Crippen molar-refractivity contribution in [3.63, 3.8) is 0 Å². The fraction of sp³-hybridized carbons (Fsp3) is 0.917. The second kappa shape index (κ2) is 4.97. The highest BCUT2D eigenvalue weighted by atomic mass is 16.2. The van der Waals surface area contributed by atoms with Crippen LogP contribution in [0, 0.1) is 0 Å². The number of carbonyl (C=O) groups is 1. The second-order valence-corrected chi connectivity index (χ2v) is 5.32. The third-order valence-electron chi connectivity index (χ3n) is 3.09. The van der Waals surface area contributed by atoms with Crippen LogP contribution < -0.4 is 5.32 Å². The van der Waals surface area contributed by atoms with Gasteiger partial charge in [0.05, 0.1) is 0 Å². The van der Waals surface area contributed by atoms with Crippen LogP contribution >= 0.6 is 0 Å². The van der Waals surface area contributed by atoms with Crippen molar-refractivity contribution in [2.75, 3.05) is 13.1 Å². The van der Waals surface area contributed by atoms with Gasteiger partial charge in [-0.15, -0.1) is 0 Å². The Morgan fingerprint density at radius 2 is 2.13 bits per heavy atom. The van der Waals surface area contributed by atoms with Gasteiger partial charge in [-0.25, -0.2) is 0 Å². The van der Waals surface area contributed by atoms with E-state index in [1.165, 1.54) is 0 Å². The van der Waals surface area contributed by atoms with E-state index in [9.17, 15) is 4.79 Å². The molecule has 0 unspecified atom stereocenters. The van der Waals surface area contributed by atoms with Gasteiger partial charge in [0.25, 0.3) is 0 Å². The zero-order chi connectivity index (χ0) is 11.5. The van der Waals surface area contributed by atoms with Crippen LogP contribution in [0.15, 0.2) is 0 Å². The molecule has 1 aliphatic rings. The van der Waals surface area contributed by atoms with E-state index in [1.807, 2.05) is 4.90 Å². The van der Waals surface area contributed by atoms with Crippen molar-refractivity contribution >= 4 is 5.91 Å². The fourth-order valence-corrected chi connectivity index (χ4v) is 2.17. The molecule has 1 amide bonds. The van der Waals surface area contributed by atoms with Gasteiger partial charge >= 0.3 is 0 Å². The maximum Gasteiger partial charge on any atom is 0.224 e. The molecular weight excluding hydrogens is 188 g/mol. The van der Waals surface area contributed by atoms with E-state index in [1.54, 1.807) is 0 Å². The summed E-state index contributed by atoms with van der Waals surface area (Å²) in [7, 11) is 0. The summed E-state index contributed by atoms with van der Waals surface area (Å²) in [6.45, 7) is 10.3. The normalized spacial score (nSPS) is 19.9. The maximum absolute atomic E-state index is 11.9. The molecule has 0 aromatic heterocycles. The monoisotopic (exact) mass is 212 g/mol. The van der Waals surface area contributed by atoms with Crippen molar-refractivity contribution in [2.45, 2.75) is 58.5 Å². The minimum Gasteiger partial charge on any atom is -0.338 e. The first-order chi connectivity index (χ1) is 6.93. The van der Waals surface area contributed by atoms with E-state index in [2.05, 4.69) is 33.0 Å². The fourth-order valence-electron chi connectivity index (χ4n) is 2.17. The lowest BCUT2D eigenvalue weighted by atomic mass is 10.0. The van der Waals surface area contributed by atoms with Gasteiger partial charge in [-0.05, 0) is 26.7 Å². The van der Waals surface area contributed by atoms with Crippen molar-refractivity contribution in [3.05, 3.63) is 0 Å². The predicted molar refractivity (Wildman–Crippen MR) is 62.8 cm³/mol. The molecule has 3 heteroatoms. The Labute approximate surface area is 93.2 Å². The zero-order valence-corrected chi connectivity index (χ0v) is 10.5. The summed E-state index contributed by atoms with van der Waals surface area (Å²) in [4.78, 5) is 14.0. The lowest BCUT2D eigenvalue weighted by molar-refractivity contribution is -0.134. The van der Waals surface area contributed by atoms with Crippen LogP contribution in [0.5, 0.6) is 0 Å². The number of carbonyl (C=O) groups excluding carboxylic acids is 1. The van der Waals surface area contributed by atoms with Crippen LogP contribution in [0.3, 0.4) is 0 Å². The van der Waals surface area contributed by atoms with Gasteiger partial charge in [-0.3, -0.25) is 4.79 Å². The van der Waals surface area contributed by atoms with Gasteiger partial charge in [-0.1, -0.05) is 13.8 Å². The van der Waals surface area contributed by atoms with Gasteiger partial charge in [-0.2, -0.15) is 0 Å². The Morgan fingerprint density at radius 3 is 2.60 bits per heavy atom.